The van der Waals surface area contributed by atoms with Gasteiger partial charge in [0.25, 0.3) is 0 Å². The Morgan fingerprint density at radius 1 is 1.56 bits per heavy atom. The Kier molecular flexibility index (Phi) is 5.77. The van der Waals surface area contributed by atoms with E-state index in [0.29, 0.717) is 19.0 Å². The van der Waals surface area contributed by atoms with Gasteiger partial charge in [0.2, 0.25) is 0 Å². The van der Waals surface area contributed by atoms with Crippen LogP contribution in [0.15, 0.2) is 0 Å². The standard InChI is InChI=1S/C12H24N2O2/c1-2-5-10-6-3-4-9-14(10)11(7-8-13)12(15)16/h10-11H,2-9,13H2,1H3,(H,15,16). The van der Waals surface area contributed by atoms with Gasteiger partial charge in [-0.1, -0.05) is 19.8 Å². The van der Waals surface area contributed by atoms with E-state index >= 15 is 0 Å². The average molecular weight is 228 g/mol. The fraction of sp³-hybridized carbons (Fsp3) is 0.917. The number of nitrogens with two attached hydrogens (primary N) is 1. The number of hydrogen-bond donors (Lipinski definition) is 2. The van der Waals surface area contributed by atoms with E-state index in [1.165, 1.54) is 6.42 Å². The van der Waals surface area contributed by atoms with E-state index in [1.807, 2.05) is 0 Å². The van der Waals surface area contributed by atoms with Gasteiger partial charge in [-0.25, -0.2) is 0 Å². The van der Waals surface area contributed by atoms with Crippen LogP contribution in [0.5, 0.6) is 0 Å². The Hall–Kier alpha value is -0.610. The van der Waals surface area contributed by atoms with Crippen LogP contribution in [0, 0.1) is 0 Å². The van der Waals surface area contributed by atoms with Gasteiger partial charge in [-0.3, -0.25) is 9.69 Å². The summed E-state index contributed by atoms with van der Waals surface area (Å²) >= 11 is 0. The van der Waals surface area contributed by atoms with Crippen LogP contribution in [0.3, 0.4) is 0 Å². The summed E-state index contributed by atoms with van der Waals surface area (Å²) in [7, 11) is 0. The molecule has 3 N–H and O–H groups in total. The molecule has 0 spiro atoms. The largest absolute Gasteiger partial charge is 0.480 e. The Labute approximate surface area is 97.8 Å². The lowest BCUT2D eigenvalue weighted by Crippen LogP contribution is -2.50. The first-order chi connectivity index (χ1) is 7.70. The highest BCUT2D eigenvalue weighted by Gasteiger charge is 2.31. The third-order valence-corrected chi connectivity index (χ3v) is 3.42. The minimum Gasteiger partial charge on any atom is -0.480 e. The molecule has 1 saturated heterocycles. The molecular formula is C12H24N2O2. The maximum absolute atomic E-state index is 11.2. The normalized spacial score (nSPS) is 24.2. The first kappa shape index (κ1) is 13.5. The Bertz CT molecular complexity index is 219. The van der Waals surface area contributed by atoms with Crippen LogP contribution in [-0.4, -0.2) is 41.1 Å². The molecule has 0 aromatic carbocycles. The summed E-state index contributed by atoms with van der Waals surface area (Å²) in [4.78, 5) is 13.4. The van der Waals surface area contributed by atoms with Crippen LogP contribution in [-0.2, 0) is 4.79 Å². The molecule has 1 fully saturated rings. The second kappa shape index (κ2) is 6.86. The molecule has 1 heterocycles. The van der Waals surface area contributed by atoms with Gasteiger partial charge in [-0.15, -0.1) is 0 Å². The number of carbonyl (C=O) groups is 1. The van der Waals surface area contributed by atoms with E-state index in [4.69, 9.17) is 5.73 Å². The van der Waals surface area contributed by atoms with Crippen LogP contribution in [0.2, 0.25) is 0 Å². The van der Waals surface area contributed by atoms with Crippen molar-refractivity contribution in [1.82, 2.24) is 4.90 Å². The molecule has 4 heteroatoms. The van der Waals surface area contributed by atoms with Crippen molar-refractivity contribution < 1.29 is 9.90 Å². The van der Waals surface area contributed by atoms with Gasteiger partial charge in [0.05, 0.1) is 0 Å². The summed E-state index contributed by atoms with van der Waals surface area (Å²) in [5.41, 5.74) is 5.50. The fourth-order valence-electron chi connectivity index (χ4n) is 2.67. The fourth-order valence-corrected chi connectivity index (χ4v) is 2.67. The highest BCUT2D eigenvalue weighted by molar-refractivity contribution is 5.73. The number of piperidine rings is 1. The topological polar surface area (TPSA) is 66.6 Å². The third-order valence-electron chi connectivity index (χ3n) is 3.42. The number of aliphatic carboxylic acids is 1. The van der Waals surface area contributed by atoms with E-state index in [2.05, 4.69) is 11.8 Å². The van der Waals surface area contributed by atoms with Crippen molar-refractivity contribution in [3.05, 3.63) is 0 Å². The first-order valence-corrected chi connectivity index (χ1v) is 6.39. The maximum Gasteiger partial charge on any atom is 0.320 e. The van der Waals surface area contributed by atoms with Crippen molar-refractivity contribution in [2.75, 3.05) is 13.1 Å². The van der Waals surface area contributed by atoms with Crippen molar-refractivity contribution in [2.24, 2.45) is 5.73 Å². The second-order valence-electron chi connectivity index (χ2n) is 4.61. The zero-order valence-electron chi connectivity index (χ0n) is 10.2. The summed E-state index contributed by atoms with van der Waals surface area (Å²) in [6.07, 6.45) is 6.28. The lowest BCUT2D eigenvalue weighted by Gasteiger charge is -2.39. The van der Waals surface area contributed by atoms with Crippen LogP contribution >= 0.6 is 0 Å². The van der Waals surface area contributed by atoms with Gasteiger partial charge >= 0.3 is 5.97 Å². The molecule has 4 nitrogen and oxygen atoms in total. The smallest absolute Gasteiger partial charge is 0.320 e. The molecule has 0 aromatic rings. The summed E-state index contributed by atoms with van der Waals surface area (Å²) in [5.74, 6) is -0.714. The number of nitrogens with zero attached hydrogens (tertiary/aromatic N) is 1. The molecule has 16 heavy (non-hydrogen) atoms. The van der Waals surface area contributed by atoms with Crippen molar-refractivity contribution in [3.8, 4) is 0 Å². The molecule has 0 bridgehead atoms. The molecule has 1 aliphatic rings. The Morgan fingerprint density at radius 3 is 2.88 bits per heavy atom. The molecular weight excluding hydrogens is 204 g/mol. The van der Waals surface area contributed by atoms with E-state index in [-0.39, 0.29) is 6.04 Å². The minimum atomic E-state index is -0.714. The van der Waals surface area contributed by atoms with Gasteiger partial charge < -0.3 is 10.8 Å². The predicted molar refractivity (Wildman–Crippen MR) is 64.3 cm³/mol. The number of rotatable bonds is 6. The van der Waals surface area contributed by atoms with E-state index in [9.17, 15) is 9.90 Å². The maximum atomic E-state index is 11.2. The molecule has 2 atom stereocenters. The summed E-state index contributed by atoms with van der Waals surface area (Å²) in [6.45, 7) is 3.53. The summed E-state index contributed by atoms with van der Waals surface area (Å²) < 4.78 is 0. The Morgan fingerprint density at radius 2 is 2.31 bits per heavy atom. The lowest BCUT2D eigenvalue weighted by atomic mass is 9.95. The number of likely N-dealkylation sites (tertiary alicyclic amines) is 1. The summed E-state index contributed by atoms with van der Waals surface area (Å²) in [6, 6.07) is 0.0771. The zero-order valence-corrected chi connectivity index (χ0v) is 10.2. The van der Waals surface area contributed by atoms with E-state index in [0.717, 1.165) is 32.2 Å². The molecule has 0 amide bonds. The third kappa shape index (κ3) is 3.46. The highest BCUT2D eigenvalue weighted by Crippen LogP contribution is 2.24. The van der Waals surface area contributed by atoms with Crippen LogP contribution in [0.1, 0.15) is 45.4 Å². The minimum absolute atomic E-state index is 0.373. The first-order valence-electron chi connectivity index (χ1n) is 6.39. The molecule has 0 radical (unpaired) electrons. The van der Waals surface area contributed by atoms with Crippen LogP contribution in [0.25, 0.3) is 0 Å². The molecule has 0 aliphatic carbocycles. The highest BCUT2D eigenvalue weighted by atomic mass is 16.4. The van der Waals surface area contributed by atoms with Gasteiger partial charge in [-0.05, 0) is 38.8 Å². The van der Waals surface area contributed by atoms with Gasteiger partial charge in [0, 0.05) is 6.04 Å². The molecule has 1 rings (SSSR count). The molecule has 1 aliphatic heterocycles. The van der Waals surface area contributed by atoms with Crippen molar-refractivity contribution in [3.63, 3.8) is 0 Å². The molecule has 2 unspecified atom stereocenters. The van der Waals surface area contributed by atoms with Gasteiger partial charge in [0.15, 0.2) is 0 Å². The van der Waals surface area contributed by atoms with Crippen LogP contribution in [0.4, 0.5) is 0 Å². The summed E-state index contributed by atoms with van der Waals surface area (Å²) in [5, 5.41) is 9.25. The molecule has 0 aromatic heterocycles. The lowest BCUT2D eigenvalue weighted by molar-refractivity contribution is -0.145. The van der Waals surface area contributed by atoms with E-state index < -0.39 is 5.97 Å². The number of carboxylic acid groups (broad SMARTS) is 1. The van der Waals surface area contributed by atoms with Crippen molar-refractivity contribution in [2.45, 2.75) is 57.5 Å². The van der Waals surface area contributed by atoms with Gasteiger partial charge in [-0.2, -0.15) is 0 Å². The number of hydrogen-bond acceptors (Lipinski definition) is 3. The average Bonchev–Trinajstić information content (AvgIpc) is 2.27. The van der Waals surface area contributed by atoms with Crippen molar-refractivity contribution >= 4 is 5.97 Å². The van der Waals surface area contributed by atoms with Crippen molar-refractivity contribution in [1.29, 1.82) is 0 Å². The second-order valence-corrected chi connectivity index (χ2v) is 4.61. The molecule has 0 saturated carbocycles. The SMILES string of the molecule is CCCC1CCCCN1C(CCN)C(=O)O. The van der Waals surface area contributed by atoms with Gasteiger partial charge in [0.1, 0.15) is 6.04 Å². The van der Waals surface area contributed by atoms with Crippen LogP contribution < -0.4 is 5.73 Å². The Balaban J connectivity index is 2.66. The van der Waals surface area contributed by atoms with E-state index in [1.54, 1.807) is 0 Å². The quantitative estimate of drug-likeness (QED) is 0.722. The number of carboxylic acids is 1. The monoisotopic (exact) mass is 228 g/mol. The predicted octanol–water partition coefficient (Wildman–Crippen LogP) is 1.44. The molecule has 94 valence electrons. The zero-order chi connectivity index (χ0) is 12.0.